The molecule has 0 aliphatic heterocycles. The van der Waals surface area contributed by atoms with Crippen molar-refractivity contribution in [1.29, 1.82) is 0 Å². The minimum absolute atomic E-state index is 0.0999. The fraction of sp³-hybridized carbons (Fsp3) is 0.500. The van der Waals surface area contributed by atoms with E-state index < -0.39 is 11.0 Å². The Labute approximate surface area is 124 Å². The molecule has 0 fully saturated rings. The second-order valence-corrected chi connectivity index (χ2v) is 4.49. The molecule has 0 aliphatic carbocycles. The molecule has 1 amide bonds. The van der Waals surface area contributed by atoms with E-state index in [0.29, 0.717) is 13.1 Å². The normalized spacial score (nSPS) is 11.6. The number of nitrogens with one attached hydrogen (secondary N) is 1. The zero-order chi connectivity index (χ0) is 16.0. The molecule has 1 rings (SSSR count). The Kier molecular flexibility index (Phi) is 5.95. The number of benzene rings is 1. The molecule has 0 aliphatic rings. The van der Waals surface area contributed by atoms with Crippen molar-refractivity contribution in [3.8, 4) is 5.75 Å². The molecule has 0 heterocycles. The number of para-hydroxylation sites is 1. The van der Waals surface area contributed by atoms with Crippen LogP contribution in [0.5, 0.6) is 5.75 Å². The van der Waals surface area contributed by atoms with Crippen LogP contribution in [0.1, 0.15) is 20.8 Å². The van der Waals surface area contributed by atoms with E-state index in [1.807, 2.05) is 13.8 Å². The Hall–Kier alpha value is -2.31. The molecule has 1 unspecified atom stereocenters. The number of nitro groups is 1. The van der Waals surface area contributed by atoms with E-state index in [2.05, 4.69) is 5.32 Å². The molecule has 7 heteroatoms. The van der Waals surface area contributed by atoms with E-state index >= 15 is 0 Å². The highest BCUT2D eigenvalue weighted by Crippen LogP contribution is 2.34. The van der Waals surface area contributed by atoms with E-state index in [1.54, 1.807) is 24.0 Å². The number of hydrogen-bond acceptors (Lipinski definition) is 5. The van der Waals surface area contributed by atoms with Gasteiger partial charge in [-0.25, -0.2) is 0 Å². The first-order valence-electron chi connectivity index (χ1n) is 6.82. The van der Waals surface area contributed by atoms with Crippen molar-refractivity contribution in [2.24, 2.45) is 0 Å². The molecule has 116 valence electrons. The van der Waals surface area contributed by atoms with Crippen LogP contribution in [0.4, 0.5) is 11.4 Å². The van der Waals surface area contributed by atoms with Crippen LogP contribution in [0.2, 0.25) is 0 Å². The Morgan fingerprint density at radius 2 is 2.05 bits per heavy atom. The van der Waals surface area contributed by atoms with E-state index in [-0.39, 0.29) is 23.0 Å². The Balaban J connectivity index is 3.02. The first kappa shape index (κ1) is 16.7. The second kappa shape index (κ2) is 7.47. The summed E-state index contributed by atoms with van der Waals surface area (Å²) in [5, 5.41) is 14.1. The van der Waals surface area contributed by atoms with Gasteiger partial charge in [-0.05, 0) is 32.9 Å². The zero-order valence-corrected chi connectivity index (χ0v) is 12.8. The van der Waals surface area contributed by atoms with Crippen LogP contribution >= 0.6 is 0 Å². The molecule has 1 aromatic rings. The van der Waals surface area contributed by atoms with E-state index in [9.17, 15) is 14.9 Å². The molecule has 0 bridgehead atoms. The Bertz CT molecular complexity index is 515. The summed E-state index contributed by atoms with van der Waals surface area (Å²) in [6.07, 6.45) is 0. The van der Waals surface area contributed by atoms with Gasteiger partial charge in [-0.1, -0.05) is 6.07 Å². The number of rotatable bonds is 7. The van der Waals surface area contributed by atoms with Crippen LogP contribution in [0, 0.1) is 10.1 Å². The van der Waals surface area contributed by atoms with Gasteiger partial charge in [0.2, 0.25) is 5.91 Å². The van der Waals surface area contributed by atoms with Gasteiger partial charge in [-0.3, -0.25) is 14.9 Å². The lowest BCUT2D eigenvalue weighted by molar-refractivity contribution is -0.384. The maximum atomic E-state index is 12.2. The highest BCUT2D eigenvalue weighted by molar-refractivity contribution is 5.85. The summed E-state index contributed by atoms with van der Waals surface area (Å²) < 4.78 is 5.00. The smallest absolute Gasteiger partial charge is 0.333 e. The number of amides is 1. The van der Waals surface area contributed by atoms with Gasteiger partial charge in [0, 0.05) is 13.1 Å². The predicted molar refractivity (Wildman–Crippen MR) is 80.7 cm³/mol. The van der Waals surface area contributed by atoms with Gasteiger partial charge in [0.15, 0.2) is 5.75 Å². The summed E-state index contributed by atoms with van der Waals surface area (Å²) in [7, 11) is 1.37. The number of likely N-dealkylation sites (N-methyl/N-ethyl adjacent to an activating group) is 1. The van der Waals surface area contributed by atoms with Crippen molar-refractivity contribution in [3.05, 3.63) is 28.3 Å². The van der Waals surface area contributed by atoms with Gasteiger partial charge in [0.25, 0.3) is 0 Å². The molecule has 0 radical (unpaired) electrons. The molecule has 1 N–H and O–H groups in total. The van der Waals surface area contributed by atoms with Crippen molar-refractivity contribution < 1.29 is 14.5 Å². The van der Waals surface area contributed by atoms with Crippen molar-refractivity contribution >= 4 is 17.3 Å². The van der Waals surface area contributed by atoms with Crippen LogP contribution in [-0.4, -0.2) is 42.0 Å². The lowest BCUT2D eigenvalue weighted by atomic mass is 10.2. The van der Waals surface area contributed by atoms with E-state index in [4.69, 9.17) is 4.74 Å². The number of ether oxygens (including phenoxy) is 1. The number of anilines is 1. The molecule has 0 saturated heterocycles. The van der Waals surface area contributed by atoms with Crippen molar-refractivity contribution in [3.63, 3.8) is 0 Å². The molecule has 21 heavy (non-hydrogen) atoms. The summed E-state index contributed by atoms with van der Waals surface area (Å²) >= 11 is 0. The molecule has 0 saturated carbocycles. The molecular formula is C14H21N3O4. The third kappa shape index (κ3) is 3.84. The highest BCUT2D eigenvalue weighted by Gasteiger charge is 2.24. The maximum absolute atomic E-state index is 12.2. The Morgan fingerprint density at radius 3 is 2.52 bits per heavy atom. The minimum atomic E-state index is -0.560. The molecule has 1 aromatic carbocycles. The van der Waals surface area contributed by atoms with Crippen molar-refractivity contribution in [2.75, 3.05) is 25.5 Å². The van der Waals surface area contributed by atoms with Crippen LogP contribution in [-0.2, 0) is 4.79 Å². The number of carbonyl (C=O) groups excluding carboxylic acids is 1. The van der Waals surface area contributed by atoms with Crippen LogP contribution in [0.25, 0.3) is 0 Å². The number of nitrogens with zero attached hydrogens (tertiary/aromatic N) is 2. The van der Waals surface area contributed by atoms with Crippen LogP contribution < -0.4 is 10.1 Å². The molecular weight excluding hydrogens is 274 g/mol. The van der Waals surface area contributed by atoms with Gasteiger partial charge < -0.3 is 15.0 Å². The average molecular weight is 295 g/mol. The summed E-state index contributed by atoms with van der Waals surface area (Å²) in [5.41, 5.74) is 0.103. The Morgan fingerprint density at radius 1 is 1.43 bits per heavy atom. The first-order chi connectivity index (χ1) is 9.96. The second-order valence-electron chi connectivity index (χ2n) is 4.49. The topological polar surface area (TPSA) is 84.7 Å². The van der Waals surface area contributed by atoms with Crippen LogP contribution in [0.15, 0.2) is 18.2 Å². The summed E-state index contributed by atoms with van der Waals surface area (Å²) in [4.78, 5) is 24.5. The van der Waals surface area contributed by atoms with E-state index in [0.717, 1.165) is 0 Å². The lowest BCUT2D eigenvalue weighted by Crippen LogP contribution is -2.41. The fourth-order valence-corrected chi connectivity index (χ4v) is 2.10. The van der Waals surface area contributed by atoms with Crippen LogP contribution in [0.3, 0.4) is 0 Å². The quantitative estimate of drug-likeness (QED) is 0.616. The summed E-state index contributed by atoms with van der Waals surface area (Å²) in [5.74, 6) is 0.0598. The maximum Gasteiger partial charge on any atom is 0.333 e. The third-order valence-corrected chi connectivity index (χ3v) is 3.22. The molecule has 7 nitrogen and oxygen atoms in total. The number of nitro benzene ring substituents is 1. The monoisotopic (exact) mass is 295 g/mol. The average Bonchev–Trinajstić information content (AvgIpc) is 2.47. The molecule has 0 aromatic heterocycles. The van der Waals surface area contributed by atoms with Gasteiger partial charge in [0.1, 0.15) is 11.7 Å². The van der Waals surface area contributed by atoms with Gasteiger partial charge in [-0.15, -0.1) is 0 Å². The fourth-order valence-electron chi connectivity index (χ4n) is 2.10. The van der Waals surface area contributed by atoms with Gasteiger partial charge >= 0.3 is 5.69 Å². The van der Waals surface area contributed by atoms with E-state index in [1.165, 1.54) is 13.2 Å². The van der Waals surface area contributed by atoms with Crippen molar-refractivity contribution in [2.45, 2.75) is 26.8 Å². The highest BCUT2D eigenvalue weighted by atomic mass is 16.6. The molecule has 0 spiro atoms. The largest absolute Gasteiger partial charge is 0.490 e. The van der Waals surface area contributed by atoms with Gasteiger partial charge in [-0.2, -0.15) is 0 Å². The lowest BCUT2D eigenvalue weighted by Gasteiger charge is -2.24. The third-order valence-electron chi connectivity index (χ3n) is 3.22. The zero-order valence-electron chi connectivity index (χ0n) is 12.8. The minimum Gasteiger partial charge on any atom is -0.490 e. The number of hydrogen-bond donors (Lipinski definition) is 1. The van der Waals surface area contributed by atoms with Crippen molar-refractivity contribution in [1.82, 2.24) is 4.90 Å². The molecule has 1 atom stereocenters. The summed E-state index contributed by atoms with van der Waals surface area (Å²) in [6.45, 7) is 6.66. The first-order valence-corrected chi connectivity index (χ1v) is 6.82. The predicted octanol–water partition coefficient (Wildman–Crippen LogP) is 2.27. The van der Waals surface area contributed by atoms with Gasteiger partial charge in [0.05, 0.1) is 12.0 Å². The number of carbonyl (C=O) groups is 1. The SMILES string of the molecule is CCN(CC)C(=O)C(C)Nc1cccc(OC)c1[N+](=O)[O-]. The summed E-state index contributed by atoms with van der Waals surface area (Å²) in [6, 6.07) is 4.16. The number of methoxy groups -OCH3 is 1. The standard InChI is InChI=1S/C14H21N3O4/c1-5-16(6-2)14(18)10(3)15-11-8-7-9-12(21-4)13(11)17(19)20/h7-10,15H,5-6H2,1-4H3.